The smallest absolute Gasteiger partial charge is 0.238 e. The molecule has 2 aliphatic heterocycles. The van der Waals surface area contributed by atoms with E-state index in [0.717, 1.165) is 93.3 Å². The Balaban J connectivity index is 0.000000164. The number of aromatic nitrogens is 7. The summed E-state index contributed by atoms with van der Waals surface area (Å²) >= 11 is 7.08. The summed E-state index contributed by atoms with van der Waals surface area (Å²) in [4.78, 5) is 13.9. The van der Waals surface area contributed by atoms with Crippen LogP contribution in [0.1, 0.15) is 66.6 Å². The number of nitrogens with one attached hydrogen (secondary N) is 4. The molecule has 6 aromatic rings. The van der Waals surface area contributed by atoms with Gasteiger partial charge in [0.05, 0.1) is 31.9 Å². The summed E-state index contributed by atoms with van der Waals surface area (Å²) < 4.78 is 28.2. The fourth-order valence-corrected chi connectivity index (χ4v) is 7.67. The third-order valence-electron chi connectivity index (χ3n) is 9.24. The highest BCUT2D eigenvalue weighted by atomic mass is 79.9. The van der Waals surface area contributed by atoms with Crippen LogP contribution in [0, 0.1) is 0 Å². The lowest BCUT2D eigenvalue weighted by atomic mass is 9.94. The van der Waals surface area contributed by atoms with Crippen LogP contribution in [-0.4, -0.2) is 62.2 Å². The second-order valence-electron chi connectivity index (χ2n) is 12.9. The van der Waals surface area contributed by atoms with Gasteiger partial charge >= 0.3 is 0 Å². The number of sulfonamides is 1. The van der Waals surface area contributed by atoms with Gasteiger partial charge in [-0.25, -0.2) is 23.5 Å². The molecule has 1 unspecified atom stereocenters. The Morgan fingerprint density at radius 2 is 1.42 bits per heavy atom. The van der Waals surface area contributed by atoms with Crippen LogP contribution in [0.3, 0.4) is 0 Å². The number of hydrogen-bond acceptors (Lipinski definition) is 11. The molecule has 14 nitrogen and oxygen atoms in total. The maximum atomic E-state index is 11.4. The van der Waals surface area contributed by atoms with Crippen molar-refractivity contribution in [3.05, 3.63) is 105 Å². The molecule has 2 saturated heterocycles. The largest absolute Gasteiger partial charge is 0.366 e. The zero-order chi connectivity index (χ0) is 36.1. The third-order valence-corrected chi connectivity index (χ3v) is 11.3. The van der Waals surface area contributed by atoms with Gasteiger partial charge in [0.25, 0.3) is 0 Å². The molecule has 0 spiro atoms. The van der Waals surface area contributed by atoms with Gasteiger partial charge in [0.1, 0.15) is 11.6 Å². The molecule has 2 aliphatic rings. The summed E-state index contributed by atoms with van der Waals surface area (Å²) in [6.45, 7) is 4.26. The first-order valence-corrected chi connectivity index (χ1v) is 20.4. The van der Waals surface area contributed by atoms with E-state index in [-0.39, 0.29) is 4.90 Å². The van der Waals surface area contributed by atoms with Crippen molar-refractivity contribution < 1.29 is 8.42 Å². The molecule has 0 saturated carbocycles. The molecule has 0 bridgehead atoms. The predicted molar refractivity (Wildman–Crippen MR) is 208 cm³/mol. The molecule has 8 rings (SSSR count). The van der Waals surface area contributed by atoms with E-state index in [2.05, 4.69) is 86.5 Å². The highest BCUT2D eigenvalue weighted by Gasteiger charge is 2.21. The molecule has 5 aromatic heterocycles. The number of nitrogens with zero attached hydrogens (tertiary/aromatic N) is 7. The first kappa shape index (κ1) is 36.4. The maximum absolute atomic E-state index is 11.4. The zero-order valence-corrected chi connectivity index (χ0v) is 32.3. The lowest BCUT2D eigenvalue weighted by Crippen LogP contribution is -2.27. The number of rotatable bonds is 9. The summed E-state index contributed by atoms with van der Waals surface area (Å²) in [5.74, 6) is 2.21. The minimum atomic E-state index is -3.68. The quantitative estimate of drug-likeness (QED) is 0.123. The normalized spacial score (nSPS) is 16.8. The van der Waals surface area contributed by atoms with E-state index in [1.165, 1.54) is 25.0 Å². The first-order valence-electron chi connectivity index (χ1n) is 17.2. The summed E-state index contributed by atoms with van der Waals surface area (Å²) in [5.41, 5.74) is 5.81. The number of primary sulfonamides is 1. The summed E-state index contributed by atoms with van der Waals surface area (Å²) in [7, 11) is -3.68. The van der Waals surface area contributed by atoms with Crippen molar-refractivity contribution in [3.63, 3.8) is 0 Å². The van der Waals surface area contributed by atoms with Crippen LogP contribution in [0.5, 0.6) is 0 Å². The summed E-state index contributed by atoms with van der Waals surface area (Å²) in [5, 5.41) is 27.8. The molecule has 0 aliphatic carbocycles. The maximum Gasteiger partial charge on any atom is 0.238 e. The Hall–Kier alpha value is -4.00. The van der Waals surface area contributed by atoms with Crippen molar-refractivity contribution in [1.82, 2.24) is 44.8 Å². The molecule has 272 valence electrons. The summed E-state index contributed by atoms with van der Waals surface area (Å²) in [6, 6.07) is 15.0. The van der Waals surface area contributed by atoms with Crippen LogP contribution in [-0.2, 0) is 23.1 Å². The van der Waals surface area contributed by atoms with Crippen LogP contribution in [0.15, 0.2) is 87.2 Å². The fraction of sp³-hybridized carbons (Fsp3) is 0.343. The lowest BCUT2D eigenvalue weighted by molar-refractivity contribution is 0.405. The number of anilines is 2. The van der Waals surface area contributed by atoms with Crippen LogP contribution < -0.4 is 26.4 Å². The van der Waals surface area contributed by atoms with Crippen LogP contribution >= 0.6 is 31.9 Å². The lowest BCUT2D eigenvalue weighted by Gasteiger charge is -2.23. The van der Waals surface area contributed by atoms with Crippen LogP contribution in [0.4, 0.5) is 11.6 Å². The van der Waals surface area contributed by atoms with E-state index in [4.69, 9.17) is 15.1 Å². The molecule has 2 fully saturated rings. The Kier molecular flexibility index (Phi) is 11.4. The molecule has 1 atom stereocenters. The topological polar surface area (TPSA) is 182 Å². The van der Waals surface area contributed by atoms with Gasteiger partial charge in [0, 0.05) is 55.3 Å². The van der Waals surface area contributed by atoms with Crippen molar-refractivity contribution in [2.75, 3.05) is 30.3 Å². The highest BCUT2D eigenvalue weighted by Crippen LogP contribution is 2.30. The first-order chi connectivity index (χ1) is 25.2. The molecule has 0 amide bonds. The second-order valence-corrected chi connectivity index (χ2v) is 16.1. The Labute approximate surface area is 318 Å². The molecule has 17 heteroatoms. The minimum absolute atomic E-state index is 0.103. The van der Waals surface area contributed by atoms with Crippen LogP contribution in [0.2, 0.25) is 0 Å². The van der Waals surface area contributed by atoms with Gasteiger partial charge in [0.15, 0.2) is 11.3 Å². The molecular formula is C35H40Br2N12O2S. The Bertz CT molecular complexity index is 2240. The number of pyridine rings is 1. The average molecular weight is 853 g/mol. The molecule has 52 heavy (non-hydrogen) atoms. The van der Waals surface area contributed by atoms with Crippen LogP contribution in [0.25, 0.3) is 11.3 Å². The van der Waals surface area contributed by atoms with Gasteiger partial charge in [-0.1, -0.05) is 24.6 Å². The molecule has 6 N–H and O–H groups in total. The number of nitrogens with two attached hydrogens (primary N) is 1. The van der Waals surface area contributed by atoms with Crippen molar-refractivity contribution in [2.45, 2.75) is 62.0 Å². The number of fused-ring (bicyclic) bond motifs is 2. The molecule has 1 aromatic carbocycles. The van der Waals surface area contributed by atoms with E-state index in [0.29, 0.717) is 25.0 Å². The highest BCUT2D eigenvalue weighted by molar-refractivity contribution is 9.11. The summed E-state index contributed by atoms with van der Waals surface area (Å²) in [6.07, 6.45) is 12.9. The standard InChI is InChI=1S/C18H21BrN6O2S.C17H19BrN6/c19-15-11-23-25-17(9-16(24-18(15)25)13-5-7-21-8-6-13)22-10-12-1-3-14(4-2-12)28(20,26)27;18-13-11-22-24-16(21-10-12-4-3-6-19-9-12)8-15(23-17(13)24)14-5-1-2-7-20-14/h1-4,9,11,13,21-22H,5-8,10H2,(H2,20,26,27);3-4,6,8-9,11,14,20-21H,1-2,5,7,10H2. The molecule has 0 radical (unpaired) electrons. The molecule has 7 heterocycles. The van der Waals surface area contributed by atoms with Crippen molar-refractivity contribution in [1.29, 1.82) is 0 Å². The third kappa shape index (κ3) is 8.61. The van der Waals surface area contributed by atoms with Gasteiger partial charge in [-0.15, -0.1) is 0 Å². The van der Waals surface area contributed by atoms with E-state index in [1.54, 1.807) is 35.2 Å². The Morgan fingerprint density at radius 3 is 2.02 bits per heavy atom. The second kappa shape index (κ2) is 16.3. The van der Waals surface area contributed by atoms with E-state index < -0.39 is 10.0 Å². The SMILES string of the molecule is Brc1cnn2c(NCc3cccnc3)cc(C3CCCCN3)nc12.NS(=O)(=O)c1ccc(CNc2cc(C3CCNCC3)nc3c(Br)cnn23)cc1. The van der Waals surface area contributed by atoms with Crippen molar-refractivity contribution in [2.24, 2.45) is 5.14 Å². The number of halogens is 2. The number of benzene rings is 1. The Morgan fingerprint density at radius 1 is 0.788 bits per heavy atom. The number of piperidine rings is 2. The molecular weight excluding hydrogens is 812 g/mol. The minimum Gasteiger partial charge on any atom is -0.366 e. The van der Waals surface area contributed by atoms with Gasteiger partial charge in [-0.2, -0.15) is 19.2 Å². The predicted octanol–water partition coefficient (Wildman–Crippen LogP) is 5.53. The van der Waals surface area contributed by atoms with Gasteiger partial charge < -0.3 is 21.3 Å². The van der Waals surface area contributed by atoms with Gasteiger partial charge in [0.2, 0.25) is 10.0 Å². The number of hydrogen-bond donors (Lipinski definition) is 5. The average Bonchev–Trinajstić information content (AvgIpc) is 3.75. The monoisotopic (exact) mass is 850 g/mol. The van der Waals surface area contributed by atoms with Gasteiger partial charge in [-0.05, 0) is 107 Å². The van der Waals surface area contributed by atoms with Gasteiger partial charge in [-0.3, -0.25) is 4.98 Å². The zero-order valence-electron chi connectivity index (χ0n) is 28.3. The van der Waals surface area contributed by atoms with E-state index >= 15 is 0 Å². The van der Waals surface area contributed by atoms with Crippen molar-refractivity contribution >= 4 is 64.8 Å². The van der Waals surface area contributed by atoms with Crippen molar-refractivity contribution in [3.8, 4) is 0 Å². The van der Waals surface area contributed by atoms with E-state index in [1.807, 2.05) is 16.8 Å². The fourth-order valence-electron chi connectivity index (χ4n) is 6.46. The van der Waals surface area contributed by atoms with E-state index in [9.17, 15) is 8.42 Å².